The number of hydrogen-bond acceptors (Lipinski definition) is 4. The van der Waals surface area contributed by atoms with Crippen molar-refractivity contribution in [3.63, 3.8) is 0 Å². The summed E-state index contributed by atoms with van der Waals surface area (Å²) < 4.78 is 28.5. The smallest absolute Gasteiger partial charge is 0.387 e. The molecular weight excluding hydrogens is 326 g/mol. The highest BCUT2D eigenvalue weighted by atomic mass is 32.2. The summed E-state index contributed by atoms with van der Waals surface area (Å²) >= 11 is 1.62. The number of hydrogen-bond donors (Lipinski definition) is 1. The van der Waals surface area contributed by atoms with Crippen LogP contribution in [0.1, 0.15) is 19.8 Å². The van der Waals surface area contributed by atoms with Gasteiger partial charge in [-0.2, -0.15) is 8.78 Å². The minimum atomic E-state index is -2.88. The minimum absolute atomic E-state index is 0.00155. The van der Waals surface area contributed by atoms with Crippen LogP contribution in [0.4, 0.5) is 14.5 Å². The van der Waals surface area contributed by atoms with E-state index in [1.807, 2.05) is 6.92 Å². The number of fused-ring (bicyclic) bond motifs is 1. The van der Waals surface area contributed by atoms with Crippen molar-refractivity contribution >= 4 is 29.3 Å². The molecule has 0 aromatic heterocycles. The van der Waals surface area contributed by atoms with Crippen molar-refractivity contribution in [2.45, 2.75) is 37.3 Å². The van der Waals surface area contributed by atoms with Gasteiger partial charge in [0.15, 0.2) is 0 Å². The number of amides is 2. The van der Waals surface area contributed by atoms with Gasteiger partial charge in [0.05, 0.1) is 4.87 Å². The first-order valence-electron chi connectivity index (χ1n) is 7.21. The van der Waals surface area contributed by atoms with Crippen molar-refractivity contribution in [3.8, 4) is 5.75 Å². The Hall–Kier alpha value is -1.83. The van der Waals surface area contributed by atoms with E-state index in [2.05, 4.69) is 10.1 Å². The van der Waals surface area contributed by atoms with Gasteiger partial charge in [-0.05, 0) is 37.6 Å². The molecule has 2 aliphatic heterocycles. The second-order valence-electron chi connectivity index (χ2n) is 5.66. The van der Waals surface area contributed by atoms with Crippen LogP contribution in [0.2, 0.25) is 0 Å². The van der Waals surface area contributed by atoms with E-state index in [1.165, 1.54) is 24.3 Å². The van der Waals surface area contributed by atoms with Gasteiger partial charge in [-0.25, -0.2) is 0 Å². The van der Waals surface area contributed by atoms with Crippen molar-refractivity contribution in [1.29, 1.82) is 0 Å². The van der Waals surface area contributed by atoms with Crippen LogP contribution in [-0.4, -0.2) is 40.0 Å². The van der Waals surface area contributed by atoms with Gasteiger partial charge in [0, 0.05) is 17.9 Å². The molecule has 0 saturated carbocycles. The van der Waals surface area contributed by atoms with E-state index in [9.17, 15) is 18.4 Å². The molecule has 0 aliphatic carbocycles. The summed E-state index contributed by atoms with van der Waals surface area (Å²) in [6, 6.07) is 5.19. The molecule has 2 saturated heterocycles. The molecule has 0 radical (unpaired) electrons. The lowest BCUT2D eigenvalue weighted by Gasteiger charge is -2.29. The standard InChI is InChI=1S/C15H16F2N2O3S/c1-15-7-6-12(20)19(15)11(8-23-15)13(21)18-9-2-4-10(5-3-9)22-14(16)17/h2-5,11,14H,6-8H2,1H3,(H,18,21). The molecule has 3 rings (SSSR count). The predicted molar refractivity (Wildman–Crippen MR) is 82.4 cm³/mol. The fourth-order valence-corrected chi connectivity index (χ4v) is 4.39. The molecule has 1 N–H and O–H groups in total. The second kappa shape index (κ2) is 5.99. The third-order valence-corrected chi connectivity index (χ3v) is 5.60. The zero-order valence-electron chi connectivity index (χ0n) is 12.4. The summed E-state index contributed by atoms with van der Waals surface area (Å²) in [6.45, 7) is -0.906. The van der Waals surface area contributed by atoms with E-state index in [1.54, 1.807) is 16.7 Å². The van der Waals surface area contributed by atoms with E-state index < -0.39 is 12.7 Å². The molecule has 2 heterocycles. The van der Waals surface area contributed by atoms with Crippen molar-refractivity contribution in [2.24, 2.45) is 0 Å². The lowest BCUT2D eigenvalue weighted by Crippen LogP contribution is -2.48. The first-order valence-corrected chi connectivity index (χ1v) is 8.19. The highest BCUT2D eigenvalue weighted by molar-refractivity contribution is 8.01. The fourth-order valence-electron chi connectivity index (χ4n) is 2.96. The van der Waals surface area contributed by atoms with Crippen LogP contribution in [0.15, 0.2) is 24.3 Å². The molecule has 8 heteroatoms. The Bertz CT molecular complexity index is 626. The SMILES string of the molecule is CC12CCC(=O)N1C(C(=O)Nc1ccc(OC(F)F)cc1)CS2. The Morgan fingerprint density at radius 1 is 1.43 bits per heavy atom. The first kappa shape index (κ1) is 16.0. The van der Waals surface area contributed by atoms with E-state index in [0.717, 1.165) is 6.42 Å². The van der Waals surface area contributed by atoms with E-state index >= 15 is 0 Å². The number of carbonyl (C=O) groups excluding carboxylic acids is 2. The number of nitrogens with one attached hydrogen (secondary N) is 1. The lowest BCUT2D eigenvalue weighted by molar-refractivity contribution is -0.135. The first-order chi connectivity index (χ1) is 10.9. The molecule has 124 valence electrons. The second-order valence-corrected chi connectivity index (χ2v) is 7.16. The van der Waals surface area contributed by atoms with Crippen LogP contribution >= 0.6 is 11.8 Å². The van der Waals surface area contributed by atoms with E-state index in [0.29, 0.717) is 17.9 Å². The molecule has 1 aromatic carbocycles. The quantitative estimate of drug-likeness (QED) is 0.914. The van der Waals surface area contributed by atoms with Gasteiger partial charge >= 0.3 is 6.61 Å². The average Bonchev–Trinajstić information content (AvgIpc) is 2.98. The number of nitrogens with zero attached hydrogens (tertiary/aromatic N) is 1. The number of anilines is 1. The Balaban J connectivity index is 1.66. The van der Waals surface area contributed by atoms with Crippen LogP contribution in [0, 0.1) is 0 Å². The maximum atomic E-state index is 12.4. The summed E-state index contributed by atoms with van der Waals surface area (Å²) in [5, 5.41) is 2.73. The van der Waals surface area contributed by atoms with Gasteiger partial charge in [-0.15, -0.1) is 11.8 Å². The van der Waals surface area contributed by atoms with Crippen LogP contribution in [0.25, 0.3) is 0 Å². The zero-order chi connectivity index (χ0) is 16.6. The Labute approximate surface area is 136 Å². The molecule has 2 amide bonds. The van der Waals surface area contributed by atoms with Gasteiger partial charge in [0.25, 0.3) is 0 Å². The van der Waals surface area contributed by atoms with Crippen molar-refractivity contribution in [3.05, 3.63) is 24.3 Å². The number of thioether (sulfide) groups is 1. The van der Waals surface area contributed by atoms with Gasteiger partial charge in [-0.3, -0.25) is 9.59 Å². The van der Waals surface area contributed by atoms with Gasteiger partial charge in [0.2, 0.25) is 11.8 Å². The molecule has 2 atom stereocenters. The van der Waals surface area contributed by atoms with Crippen LogP contribution in [0.5, 0.6) is 5.75 Å². The summed E-state index contributed by atoms with van der Waals surface area (Å²) in [5.74, 6) is 0.315. The largest absolute Gasteiger partial charge is 0.435 e. The molecule has 5 nitrogen and oxygen atoms in total. The lowest BCUT2D eigenvalue weighted by atomic mass is 10.2. The van der Waals surface area contributed by atoms with Gasteiger partial charge in [0.1, 0.15) is 11.8 Å². The van der Waals surface area contributed by atoms with Crippen LogP contribution in [-0.2, 0) is 9.59 Å². The number of benzene rings is 1. The number of halogens is 2. The van der Waals surface area contributed by atoms with Crippen LogP contribution in [0.3, 0.4) is 0 Å². The molecule has 2 unspecified atom stereocenters. The predicted octanol–water partition coefficient (Wildman–Crippen LogP) is 2.68. The number of carbonyl (C=O) groups is 2. The minimum Gasteiger partial charge on any atom is -0.435 e. The molecule has 1 aromatic rings. The topological polar surface area (TPSA) is 58.6 Å². The fraction of sp³-hybridized carbons (Fsp3) is 0.467. The molecule has 23 heavy (non-hydrogen) atoms. The van der Waals surface area contributed by atoms with E-state index in [-0.39, 0.29) is 22.4 Å². The highest BCUT2D eigenvalue weighted by Gasteiger charge is 2.52. The van der Waals surface area contributed by atoms with Crippen molar-refractivity contribution < 1.29 is 23.1 Å². The number of rotatable bonds is 4. The van der Waals surface area contributed by atoms with Crippen LogP contribution < -0.4 is 10.1 Å². The molecule has 2 fully saturated rings. The number of ether oxygens (including phenoxy) is 1. The summed E-state index contributed by atoms with van der Waals surface area (Å²) in [4.78, 5) is 25.8. The zero-order valence-corrected chi connectivity index (χ0v) is 13.2. The number of alkyl halides is 2. The normalized spacial score (nSPS) is 26.5. The Morgan fingerprint density at radius 3 is 2.78 bits per heavy atom. The Kier molecular flexibility index (Phi) is 4.18. The summed E-state index contributed by atoms with van der Waals surface area (Å²) in [6.07, 6.45) is 1.22. The maximum absolute atomic E-state index is 12.4. The van der Waals surface area contributed by atoms with Crippen molar-refractivity contribution in [2.75, 3.05) is 11.1 Å². The average molecular weight is 342 g/mol. The van der Waals surface area contributed by atoms with Gasteiger partial charge < -0.3 is 15.0 Å². The molecular formula is C15H16F2N2O3S. The Morgan fingerprint density at radius 2 is 2.13 bits per heavy atom. The van der Waals surface area contributed by atoms with Crippen molar-refractivity contribution in [1.82, 2.24) is 4.90 Å². The highest BCUT2D eigenvalue weighted by Crippen LogP contribution is 2.47. The summed E-state index contributed by atoms with van der Waals surface area (Å²) in [7, 11) is 0. The molecule has 2 aliphatic rings. The van der Waals surface area contributed by atoms with Gasteiger partial charge in [-0.1, -0.05) is 0 Å². The van der Waals surface area contributed by atoms with E-state index in [4.69, 9.17) is 0 Å². The summed E-state index contributed by atoms with van der Waals surface area (Å²) in [5.41, 5.74) is 0.474. The third kappa shape index (κ3) is 3.12. The monoisotopic (exact) mass is 342 g/mol. The maximum Gasteiger partial charge on any atom is 0.387 e. The molecule has 0 bridgehead atoms. The molecule has 0 spiro atoms. The third-order valence-electron chi connectivity index (χ3n) is 4.09.